The molecule has 2 aliphatic heterocycles. The molecule has 1 N–H and O–H groups in total. The first-order valence-electron chi connectivity index (χ1n) is 13.2. The smallest absolute Gasteiger partial charge is 0.269 e. The number of anilines is 3. The van der Waals surface area contributed by atoms with Crippen LogP contribution in [0.25, 0.3) is 0 Å². The van der Waals surface area contributed by atoms with Gasteiger partial charge in [-0.2, -0.15) is 20.1 Å². The van der Waals surface area contributed by atoms with Crippen LogP contribution in [-0.4, -0.2) is 52.3 Å². The van der Waals surface area contributed by atoms with E-state index in [1.807, 2.05) is 24.3 Å². The van der Waals surface area contributed by atoms with Crippen molar-refractivity contribution in [1.82, 2.24) is 15.0 Å². The zero-order valence-corrected chi connectivity index (χ0v) is 21.3. The molecule has 198 valence electrons. The quantitative estimate of drug-likeness (QED) is 0.243. The Labute approximate surface area is 221 Å². The molecule has 11 nitrogen and oxygen atoms in total. The van der Waals surface area contributed by atoms with Crippen molar-refractivity contribution in [2.75, 3.05) is 41.4 Å². The van der Waals surface area contributed by atoms with Gasteiger partial charge in [-0.25, -0.2) is 5.43 Å². The normalized spacial score (nSPS) is 16.0. The third kappa shape index (κ3) is 6.72. The van der Waals surface area contributed by atoms with E-state index in [0.717, 1.165) is 63.0 Å². The molecule has 0 aliphatic carbocycles. The molecule has 11 heteroatoms. The molecule has 38 heavy (non-hydrogen) atoms. The molecule has 2 saturated heterocycles. The molecule has 3 aromatic rings. The van der Waals surface area contributed by atoms with Gasteiger partial charge in [-0.3, -0.25) is 10.1 Å². The van der Waals surface area contributed by atoms with Crippen LogP contribution in [0, 0.1) is 10.1 Å². The summed E-state index contributed by atoms with van der Waals surface area (Å²) in [5.74, 6) is 2.52. The predicted molar refractivity (Wildman–Crippen MR) is 147 cm³/mol. The molecule has 0 amide bonds. The van der Waals surface area contributed by atoms with Crippen molar-refractivity contribution in [3.05, 3.63) is 69.8 Å². The summed E-state index contributed by atoms with van der Waals surface area (Å²) in [6.45, 7) is 4.13. The van der Waals surface area contributed by atoms with E-state index in [-0.39, 0.29) is 5.69 Å². The largest absolute Gasteiger partial charge is 0.489 e. The van der Waals surface area contributed by atoms with Crippen LogP contribution >= 0.6 is 0 Å². The van der Waals surface area contributed by atoms with Crippen molar-refractivity contribution >= 4 is 29.7 Å². The maximum atomic E-state index is 10.8. The van der Waals surface area contributed by atoms with Gasteiger partial charge in [0.15, 0.2) is 0 Å². The number of rotatable bonds is 9. The van der Waals surface area contributed by atoms with Crippen LogP contribution in [-0.2, 0) is 6.61 Å². The lowest BCUT2D eigenvalue weighted by atomic mass is 10.1. The van der Waals surface area contributed by atoms with Crippen LogP contribution in [0.3, 0.4) is 0 Å². The van der Waals surface area contributed by atoms with Crippen molar-refractivity contribution in [2.45, 2.75) is 45.1 Å². The molecule has 0 bridgehead atoms. The van der Waals surface area contributed by atoms with E-state index in [2.05, 4.69) is 30.3 Å². The number of aromatic nitrogens is 3. The van der Waals surface area contributed by atoms with Crippen molar-refractivity contribution in [2.24, 2.45) is 5.10 Å². The fraction of sp³-hybridized carbons (Fsp3) is 0.407. The summed E-state index contributed by atoms with van der Waals surface area (Å²) >= 11 is 0. The van der Waals surface area contributed by atoms with E-state index >= 15 is 0 Å². The number of piperidine rings is 2. The second-order valence-electron chi connectivity index (χ2n) is 9.51. The molecular formula is C27H32N8O3. The standard InChI is InChI=1S/C27H32N8O3/c36-35(37)23-12-10-21(11-13-23)20-38-24-9-7-8-22(18-24)19-28-32-25-29-26(33-14-3-1-4-15-33)31-27(30-25)34-16-5-2-6-17-34/h7-13,18-19H,1-6,14-17,20H2,(H,29,30,31,32)/b28-19-. The van der Waals surface area contributed by atoms with Crippen molar-refractivity contribution in [1.29, 1.82) is 0 Å². The van der Waals surface area contributed by atoms with Gasteiger partial charge in [-0.15, -0.1) is 0 Å². The summed E-state index contributed by atoms with van der Waals surface area (Å²) in [4.78, 5) is 29.0. The van der Waals surface area contributed by atoms with E-state index in [0.29, 0.717) is 30.2 Å². The van der Waals surface area contributed by atoms with Crippen LogP contribution in [0.15, 0.2) is 53.6 Å². The highest BCUT2D eigenvalue weighted by Gasteiger charge is 2.20. The van der Waals surface area contributed by atoms with Crippen molar-refractivity contribution in [3.63, 3.8) is 0 Å². The molecule has 2 aromatic carbocycles. The number of hydrogen-bond donors (Lipinski definition) is 1. The maximum absolute atomic E-state index is 10.8. The molecule has 2 aliphatic rings. The van der Waals surface area contributed by atoms with Gasteiger partial charge in [0.1, 0.15) is 12.4 Å². The maximum Gasteiger partial charge on any atom is 0.269 e. The Morgan fingerprint density at radius 2 is 1.53 bits per heavy atom. The lowest BCUT2D eigenvalue weighted by molar-refractivity contribution is -0.384. The number of hydrazone groups is 1. The lowest BCUT2D eigenvalue weighted by Gasteiger charge is -2.30. The summed E-state index contributed by atoms with van der Waals surface area (Å²) < 4.78 is 5.87. The molecule has 0 spiro atoms. The molecule has 0 unspecified atom stereocenters. The monoisotopic (exact) mass is 516 g/mol. The van der Waals surface area contributed by atoms with Crippen LogP contribution in [0.5, 0.6) is 5.75 Å². The first-order chi connectivity index (χ1) is 18.6. The number of non-ortho nitro benzene ring substituents is 1. The number of ether oxygens (including phenoxy) is 1. The zero-order valence-electron chi connectivity index (χ0n) is 21.3. The number of nitro benzene ring substituents is 1. The van der Waals surface area contributed by atoms with Gasteiger partial charge in [-0.1, -0.05) is 12.1 Å². The van der Waals surface area contributed by atoms with Gasteiger partial charge in [0.25, 0.3) is 5.69 Å². The molecule has 2 fully saturated rings. The first-order valence-corrected chi connectivity index (χ1v) is 13.2. The van der Waals surface area contributed by atoms with Gasteiger partial charge in [0.2, 0.25) is 17.8 Å². The fourth-order valence-corrected chi connectivity index (χ4v) is 4.60. The van der Waals surface area contributed by atoms with E-state index in [9.17, 15) is 10.1 Å². The summed E-state index contributed by atoms with van der Waals surface area (Å²) in [7, 11) is 0. The second kappa shape index (κ2) is 12.3. The number of benzene rings is 2. The lowest BCUT2D eigenvalue weighted by Crippen LogP contribution is -2.34. The Balaban J connectivity index is 1.25. The van der Waals surface area contributed by atoms with Gasteiger partial charge in [0, 0.05) is 38.3 Å². The Morgan fingerprint density at radius 1 is 0.895 bits per heavy atom. The molecule has 0 saturated carbocycles. The molecular weight excluding hydrogens is 484 g/mol. The van der Waals surface area contributed by atoms with Gasteiger partial charge >= 0.3 is 0 Å². The first kappa shape index (κ1) is 25.4. The highest BCUT2D eigenvalue weighted by Crippen LogP contribution is 2.23. The van der Waals surface area contributed by atoms with Crippen LogP contribution in [0.1, 0.15) is 49.7 Å². The van der Waals surface area contributed by atoms with E-state index in [1.165, 1.54) is 25.0 Å². The van der Waals surface area contributed by atoms with Crippen LogP contribution < -0.4 is 20.0 Å². The highest BCUT2D eigenvalue weighted by atomic mass is 16.6. The number of nitrogens with one attached hydrogen (secondary N) is 1. The van der Waals surface area contributed by atoms with Crippen LogP contribution in [0.4, 0.5) is 23.5 Å². The Bertz CT molecular complexity index is 1220. The number of nitrogens with zero attached hydrogens (tertiary/aromatic N) is 7. The van der Waals surface area contributed by atoms with E-state index in [1.54, 1.807) is 18.3 Å². The molecule has 3 heterocycles. The van der Waals surface area contributed by atoms with Gasteiger partial charge in [-0.05, 0) is 73.9 Å². The molecule has 5 rings (SSSR count). The molecule has 1 aromatic heterocycles. The minimum Gasteiger partial charge on any atom is -0.489 e. The summed E-state index contributed by atoms with van der Waals surface area (Å²) in [5, 5.41) is 15.2. The SMILES string of the molecule is O=[N+]([O-])c1ccc(COc2cccc(/C=N\Nc3nc(N4CCCCC4)nc(N4CCCCC4)n3)c2)cc1. The second-order valence-corrected chi connectivity index (χ2v) is 9.51. The minimum atomic E-state index is -0.415. The summed E-state index contributed by atoms with van der Waals surface area (Å²) in [6, 6.07) is 13.9. The van der Waals surface area contributed by atoms with Crippen molar-refractivity contribution < 1.29 is 9.66 Å². The summed E-state index contributed by atoms with van der Waals surface area (Å²) in [6.07, 6.45) is 8.77. The molecule has 0 atom stereocenters. The Morgan fingerprint density at radius 3 is 2.13 bits per heavy atom. The van der Waals surface area contributed by atoms with Crippen molar-refractivity contribution in [3.8, 4) is 5.75 Å². The van der Waals surface area contributed by atoms with E-state index in [4.69, 9.17) is 9.72 Å². The topological polar surface area (TPSA) is 122 Å². The number of nitro groups is 1. The van der Waals surface area contributed by atoms with Crippen LogP contribution in [0.2, 0.25) is 0 Å². The van der Waals surface area contributed by atoms with Gasteiger partial charge in [0.05, 0.1) is 11.1 Å². The average Bonchev–Trinajstić information content (AvgIpc) is 2.97. The number of hydrogen-bond acceptors (Lipinski definition) is 10. The van der Waals surface area contributed by atoms with Gasteiger partial charge < -0.3 is 14.5 Å². The zero-order chi connectivity index (χ0) is 26.2. The third-order valence-electron chi connectivity index (χ3n) is 6.68. The fourth-order valence-electron chi connectivity index (χ4n) is 4.60. The Kier molecular flexibility index (Phi) is 8.22. The van der Waals surface area contributed by atoms with E-state index < -0.39 is 4.92 Å². The molecule has 0 radical (unpaired) electrons. The summed E-state index contributed by atoms with van der Waals surface area (Å²) in [5.41, 5.74) is 4.76. The highest BCUT2D eigenvalue weighted by molar-refractivity contribution is 5.80. The third-order valence-corrected chi connectivity index (χ3v) is 6.68. The minimum absolute atomic E-state index is 0.0590. The predicted octanol–water partition coefficient (Wildman–Crippen LogP) is 4.79. The average molecular weight is 517 g/mol. The Hall–Kier alpha value is -4.28.